The molecule has 0 saturated carbocycles. The topological polar surface area (TPSA) is 29.3 Å². The van der Waals surface area contributed by atoms with E-state index in [1.54, 1.807) is 0 Å². The summed E-state index contributed by atoms with van der Waals surface area (Å²) in [5.41, 5.74) is 7.41. The molecule has 1 aliphatic rings. The van der Waals surface area contributed by atoms with Crippen molar-refractivity contribution in [1.29, 1.82) is 0 Å². The minimum absolute atomic E-state index is 0.255. The van der Waals surface area contributed by atoms with Crippen molar-refractivity contribution >= 4 is 0 Å². The van der Waals surface area contributed by atoms with E-state index in [-0.39, 0.29) is 12.4 Å². The fourth-order valence-corrected chi connectivity index (χ4v) is 3.16. The van der Waals surface area contributed by atoms with Crippen LogP contribution in [0.4, 0.5) is 4.39 Å². The molecule has 1 aromatic carbocycles. The molecular formula is C18H25FN2. The van der Waals surface area contributed by atoms with Crippen LogP contribution in [0.1, 0.15) is 44.2 Å². The lowest BCUT2D eigenvalue weighted by Gasteiger charge is -2.26. The Morgan fingerprint density at radius 3 is 2.71 bits per heavy atom. The highest BCUT2D eigenvalue weighted by atomic mass is 19.1. The molecule has 0 atom stereocenters. The van der Waals surface area contributed by atoms with E-state index in [4.69, 9.17) is 5.73 Å². The monoisotopic (exact) mass is 288 g/mol. The van der Waals surface area contributed by atoms with Crippen LogP contribution in [0.25, 0.3) is 0 Å². The molecule has 0 radical (unpaired) electrons. The number of benzene rings is 1. The molecule has 114 valence electrons. The lowest BCUT2D eigenvalue weighted by atomic mass is 9.82. The molecule has 0 unspecified atom stereocenters. The molecule has 2 nitrogen and oxygen atoms in total. The maximum absolute atomic E-state index is 13.7. The molecular weight excluding hydrogens is 263 g/mol. The highest BCUT2D eigenvalue weighted by Crippen LogP contribution is 2.37. The van der Waals surface area contributed by atoms with Gasteiger partial charge in [0.2, 0.25) is 0 Å². The Balaban J connectivity index is 2.07. The quantitative estimate of drug-likeness (QED) is 0.862. The maximum Gasteiger partial charge on any atom is 0.138 e. The Bertz CT molecular complexity index is 538. The number of nitrogens with zero attached hydrogens (tertiary/aromatic N) is 1. The second kappa shape index (κ2) is 7.06. The number of rotatable bonds is 4. The predicted octanol–water partition coefficient (Wildman–Crippen LogP) is 3.15. The SMILES string of the molecule is CCC1(CC)CCN(Cc2ccc(F)c(C#CCN)c2)C1. The zero-order valence-electron chi connectivity index (χ0n) is 13.1. The van der Waals surface area contributed by atoms with Crippen LogP contribution in [0.2, 0.25) is 0 Å². The van der Waals surface area contributed by atoms with Crippen molar-refractivity contribution in [2.45, 2.75) is 39.7 Å². The minimum Gasteiger partial charge on any atom is -0.320 e. The van der Waals surface area contributed by atoms with Crippen LogP contribution >= 0.6 is 0 Å². The average Bonchev–Trinajstić information content (AvgIpc) is 2.92. The molecule has 0 amide bonds. The van der Waals surface area contributed by atoms with E-state index in [0.717, 1.165) is 25.2 Å². The molecule has 1 fully saturated rings. The van der Waals surface area contributed by atoms with Gasteiger partial charge in [-0.15, -0.1) is 0 Å². The standard InChI is InChI=1S/C18H25FN2/c1-3-18(4-2)9-11-21(14-18)13-15-7-8-17(19)16(12-15)6-5-10-20/h7-8,12H,3-4,9-11,13-14,20H2,1-2H3. The molecule has 0 bridgehead atoms. The largest absolute Gasteiger partial charge is 0.320 e. The Morgan fingerprint density at radius 2 is 2.10 bits per heavy atom. The van der Waals surface area contributed by atoms with Crippen LogP contribution < -0.4 is 5.73 Å². The van der Waals surface area contributed by atoms with Crippen LogP contribution in [0, 0.1) is 23.1 Å². The highest BCUT2D eigenvalue weighted by molar-refractivity contribution is 5.38. The zero-order valence-corrected chi connectivity index (χ0v) is 13.1. The highest BCUT2D eigenvalue weighted by Gasteiger charge is 2.34. The lowest BCUT2D eigenvalue weighted by Crippen LogP contribution is -2.26. The van der Waals surface area contributed by atoms with Gasteiger partial charge in [-0.05, 0) is 48.9 Å². The third-order valence-corrected chi connectivity index (χ3v) is 4.78. The molecule has 0 spiro atoms. The number of halogens is 1. The molecule has 1 aliphatic heterocycles. The Labute approximate surface area is 127 Å². The molecule has 21 heavy (non-hydrogen) atoms. The van der Waals surface area contributed by atoms with Crippen LogP contribution in [-0.4, -0.2) is 24.5 Å². The van der Waals surface area contributed by atoms with E-state index in [1.807, 2.05) is 12.1 Å². The van der Waals surface area contributed by atoms with Gasteiger partial charge in [-0.1, -0.05) is 31.8 Å². The average molecular weight is 288 g/mol. The molecule has 1 saturated heterocycles. The third kappa shape index (κ3) is 3.84. The number of hydrogen-bond donors (Lipinski definition) is 1. The molecule has 2 N–H and O–H groups in total. The van der Waals surface area contributed by atoms with Gasteiger partial charge in [0.05, 0.1) is 12.1 Å². The summed E-state index contributed by atoms with van der Waals surface area (Å²) in [6.07, 6.45) is 3.73. The summed E-state index contributed by atoms with van der Waals surface area (Å²) in [4.78, 5) is 2.47. The van der Waals surface area contributed by atoms with Crippen LogP contribution in [0.3, 0.4) is 0 Å². The Kier molecular flexibility index (Phi) is 5.39. The van der Waals surface area contributed by atoms with Crippen molar-refractivity contribution in [3.63, 3.8) is 0 Å². The van der Waals surface area contributed by atoms with Gasteiger partial charge in [-0.2, -0.15) is 0 Å². The van der Waals surface area contributed by atoms with Gasteiger partial charge in [0.15, 0.2) is 0 Å². The van der Waals surface area contributed by atoms with Crippen molar-refractivity contribution in [2.24, 2.45) is 11.1 Å². The first-order valence-corrected chi connectivity index (χ1v) is 7.82. The molecule has 1 heterocycles. The van der Waals surface area contributed by atoms with Gasteiger partial charge >= 0.3 is 0 Å². The first kappa shape index (κ1) is 16.0. The fraction of sp³-hybridized carbons (Fsp3) is 0.556. The summed E-state index contributed by atoms with van der Waals surface area (Å²) in [7, 11) is 0. The van der Waals surface area contributed by atoms with E-state index in [9.17, 15) is 4.39 Å². The fourth-order valence-electron chi connectivity index (χ4n) is 3.16. The summed E-state index contributed by atoms with van der Waals surface area (Å²) in [6, 6.07) is 5.23. The van der Waals surface area contributed by atoms with E-state index >= 15 is 0 Å². The van der Waals surface area contributed by atoms with Gasteiger partial charge in [0.1, 0.15) is 5.82 Å². The van der Waals surface area contributed by atoms with E-state index in [0.29, 0.717) is 11.0 Å². The van der Waals surface area contributed by atoms with Crippen molar-refractivity contribution < 1.29 is 4.39 Å². The van der Waals surface area contributed by atoms with E-state index < -0.39 is 0 Å². The van der Waals surface area contributed by atoms with Crippen molar-refractivity contribution in [2.75, 3.05) is 19.6 Å². The smallest absolute Gasteiger partial charge is 0.138 e. The predicted molar refractivity (Wildman–Crippen MR) is 85.2 cm³/mol. The lowest BCUT2D eigenvalue weighted by molar-refractivity contribution is 0.236. The minimum atomic E-state index is -0.266. The molecule has 0 aliphatic carbocycles. The second-order valence-electron chi connectivity index (χ2n) is 5.99. The van der Waals surface area contributed by atoms with Gasteiger partial charge in [0, 0.05) is 13.1 Å². The van der Waals surface area contributed by atoms with Crippen LogP contribution in [0.15, 0.2) is 18.2 Å². The Hall–Kier alpha value is -1.37. The van der Waals surface area contributed by atoms with E-state index in [1.165, 1.54) is 25.3 Å². The molecule has 1 aromatic rings. The molecule has 3 heteroatoms. The summed E-state index contributed by atoms with van der Waals surface area (Å²) in [6.45, 7) is 7.96. The van der Waals surface area contributed by atoms with Crippen molar-refractivity contribution in [3.05, 3.63) is 35.1 Å². The number of nitrogens with two attached hydrogens (primary N) is 1. The van der Waals surface area contributed by atoms with Gasteiger partial charge in [0.25, 0.3) is 0 Å². The van der Waals surface area contributed by atoms with Crippen molar-refractivity contribution in [1.82, 2.24) is 4.90 Å². The number of likely N-dealkylation sites (tertiary alicyclic amines) is 1. The zero-order chi connectivity index (χ0) is 15.3. The van der Waals surface area contributed by atoms with Crippen molar-refractivity contribution in [3.8, 4) is 11.8 Å². The maximum atomic E-state index is 13.7. The van der Waals surface area contributed by atoms with Crippen LogP contribution in [0.5, 0.6) is 0 Å². The van der Waals surface area contributed by atoms with Crippen LogP contribution in [-0.2, 0) is 6.54 Å². The van der Waals surface area contributed by atoms with E-state index in [2.05, 4.69) is 30.6 Å². The number of hydrogen-bond acceptors (Lipinski definition) is 2. The third-order valence-electron chi connectivity index (χ3n) is 4.78. The molecule has 0 aromatic heterocycles. The van der Waals surface area contributed by atoms with Gasteiger partial charge in [-0.3, -0.25) is 4.90 Å². The Morgan fingerprint density at radius 1 is 1.33 bits per heavy atom. The molecule has 2 rings (SSSR count). The summed E-state index contributed by atoms with van der Waals surface area (Å²) in [5, 5.41) is 0. The second-order valence-corrected chi connectivity index (χ2v) is 5.99. The summed E-state index contributed by atoms with van der Waals surface area (Å²) in [5.74, 6) is 5.26. The summed E-state index contributed by atoms with van der Waals surface area (Å²) >= 11 is 0. The normalized spacial score (nSPS) is 17.5. The van der Waals surface area contributed by atoms with Gasteiger partial charge < -0.3 is 5.73 Å². The first-order valence-electron chi connectivity index (χ1n) is 7.82. The first-order chi connectivity index (χ1) is 10.1. The van der Waals surface area contributed by atoms with Gasteiger partial charge in [-0.25, -0.2) is 4.39 Å². The summed E-state index contributed by atoms with van der Waals surface area (Å²) < 4.78 is 13.7.